The lowest BCUT2D eigenvalue weighted by Gasteiger charge is -2.02. The van der Waals surface area contributed by atoms with Crippen LogP contribution in [0.4, 0.5) is 0 Å². The molecule has 0 heterocycles. The molecule has 0 unspecified atom stereocenters. The topological polar surface area (TPSA) is 0 Å². The molecule has 0 saturated carbocycles. The summed E-state index contributed by atoms with van der Waals surface area (Å²) in [6, 6.07) is 15.8. The maximum absolute atomic E-state index is 5.83. The number of halogens is 2. The molecule has 0 saturated heterocycles. The molecule has 0 fully saturated rings. The average Bonchev–Trinajstić information content (AvgIpc) is 2.34. The maximum atomic E-state index is 5.83. The van der Waals surface area contributed by atoms with Crippen LogP contribution in [0.5, 0.6) is 0 Å². The van der Waals surface area contributed by atoms with Crippen molar-refractivity contribution in [2.45, 2.75) is 9.79 Å². The molecule has 0 N–H and O–H groups in total. The normalized spacial score (nSPS) is 10.5. The molecule has 0 aliphatic carbocycles. The van der Waals surface area contributed by atoms with Crippen LogP contribution in [-0.4, -0.2) is 5.08 Å². The van der Waals surface area contributed by atoms with Crippen LogP contribution in [-0.2, 0) is 0 Å². The molecule has 0 aromatic heterocycles. The fourth-order valence-electron chi connectivity index (χ4n) is 1.23. The first-order valence-electron chi connectivity index (χ1n) is 5.01. The van der Waals surface area contributed by atoms with Gasteiger partial charge < -0.3 is 0 Å². The van der Waals surface area contributed by atoms with E-state index in [0.717, 1.165) is 15.1 Å². The Morgan fingerprint density at radius 2 is 1.00 bits per heavy atom. The molecule has 0 amide bonds. The first-order valence-corrected chi connectivity index (χ1v) is 7.73. The minimum Gasteiger partial charge on any atom is -0.115 e. The number of hydrogen-bond acceptors (Lipinski definition) is 2. The summed E-state index contributed by atoms with van der Waals surface area (Å²) >= 11 is 15.3. The van der Waals surface area contributed by atoms with E-state index in [1.54, 1.807) is 23.5 Å². The molecule has 2 rings (SSSR count). The van der Waals surface area contributed by atoms with E-state index in [1.807, 2.05) is 48.5 Å². The van der Waals surface area contributed by atoms with Crippen LogP contribution >= 0.6 is 46.7 Å². The quantitative estimate of drug-likeness (QED) is 0.514. The van der Waals surface area contributed by atoms with Gasteiger partial charge >= 0.3 is 0 Å². The molecule has 0 atom stereocenters. The lowest BCUT2D eigenvalue weighted by atomic mass is 10.4. The zero-order chi connectivity index (χ0) is 12.1. The molecule has 0 nitrogen and oxygen atoms in total. The minimum absolute atomic E-state index is 0.778. The third-order valence-corrected chi connectivity index (χ3v) is 4.74. The zero-order valence-corrected chi connectivity index (χ0v) is 12.0. The molecule has 17 heavy (non-hydrogen) atoms. The lowest BCUT2D eigenvalue weighted by Crippen LogP contribution is -1.75. The van der Waals surface area contributed by atoms with Crippen LogP contribution in [0.1, 0.15) is 0 Å². The molecule has 0 spiro atoms. The number of hydrogen-bond donors (Lipinski definition) is 0. The summed E-state index contributed by atoms with van der Waals surface area (Å²) in [6.45, 7) is 0. The van der Waals surface area contributed by atoms with Crippen LogP contribution in [0, 0.1) is 0 Å². The molecule has 0 aliphatic heterocycles. The van der Waals surface area contributed by atoms with E-state index < -0.39 is 0 Å². The Balaban J connectivity index is 1.83. The van der Waals surface area contributed by atoms with Crippen LogP contribution in [0.15, 0.2) is 58.3 Å². The molecular formula is C13H10Cl2S2. The first-order chi connectivity index (χ1) is 8.24. The molecule has 2 aromatic rings. The smallest absolute Gasteiger partial charge is 0.0486 e. The van der Waals surface area contributed by atoms with Crippen LogP contribution in [0.25, 0.3) is 0 Å². The largest absolute Gasteiger partial charge is 0.115 e. The predicted molar refractivity (Wildman–Crippen MR) is 79.5 cm³/mol. The maximum Gasteiger partial charge on any atom is 0.0486 e. The fourth-order valence-corrected chi connectivity index (χ4v) is 3.46. The van der Waals surface area contributed by atoms with Crippen molar-refractivity contribution >= 4 is 46.7 Å². The Kier molecular flexibility index (Phi) is 5.11. The van der Waals surface area contributed by atoms with Crippen molar-refractivity contribution in [1.29, 1.82) is 0 Å². The van der Waals surface area contributed by atoms with Gasteiger partial charge in [-0.1, -0.05) is 23.2 Å². The average molecular weight is 301 g/mol. The third kappa shape index (κ3) is 4.47. The van der Waals surface area contributed by atoms with Crippen molar-refractivity contribution in [2.24, 2.45) is 0 Å². The Hall–Kier alpha value is -0.280. The zero-order valence-electron chi connectivity index (χ0n) is 8.90. The molecule has 88 valence electrons. The van der Waals surface area contributed by atoms with E-state index in [9.17, 15) is 0 Å². The van der Waals surface area contributed by atoms with E-state index >= 15 is 0 Å². The minimum atomic E-state index is 0.778. The van der Waals surface area contributed by atoms with E-state index in [1.165, 1.54) is 9.79 Å². The van der Waals surface area contributed by atoms with E-state index in [0.29, 0.717) is 0 Å². The van der Waals surface area contributed by atoms with Gasteiger partial charge in [-0.15, -0.1) is 23.5 Å². The van der Waals surface area contributed by atoms with Crippen molar-refractivity contribution in [3.63, 3.8) is 0 Å². The fraction of sp³-hybridized carbons (Fsp3) is 0.0769. The molecule has 2 aromatic carbocycles. The molecule has 0 aliphatic rings. The Labute approximate surface area is 120 Å². The highest BCUT2D eigenvalue weighted by molar-refractivity contribution is 8.16. The number of thioether (sulfide) groups is 2. The van der Waals surface area contributed by atoms with Crippen molar-refractivity contribution in [1.82, 2.24) is 0 Å². The van der Waals surface area contributed by atoms with Gasteiger partial charge in [-0.05, 0) is 48.5 Å². The van der Waals surface area contributed by atoms with E-state index in [2.05, 4.69) is 0 Å². The Morgan fingerprint density at radius 1 is 0.647 bits per heavy atom. The summed E-state index contributed by atoms with van der Waals surface area (Å²) in [7, 11) is 0. The summed E-state index contributed by atoms with van der Waals surface area (Å²) in [5.74, 6) is 0. The monoisotopic (exact) mass is 300 g/mol. The summed E-state index contributed by atoms with van der Waals surface area (Å²) in [6.07, 6.45) is 0. The van der Waals surface area contributed by atoms with Gasteiger partial charge in [-0.2, -0.15) is 0 Å². The van der Waals surface area contributed by atoms with Gasteiger partial charge in [-0.25, -0.2) is 0 Å². The van der Waals surface area contributed by atoms with Crippen LogP contribution in [0.3, 0.4) is 0 Å². The number of benzene rings is 2. The van der Waals surface area contributed by atoms with E-state index in [4.69, 9.17) is 23.2 Å². The summed E-state index contributed by atoms with van der Waals surface area (Å²) in [4.78, 5) is 2.46. The van der Waals surface area contributed by atoms with E-state index in [-0.39, 0.29) is 0 Å². The van der Waals surface area contributed by atoms with Crippen molar-refractivity contribution in [3.05, 3.63) is 58.6 Å². The SMILES string of the molecule is Clc1ccc(SCSc2ccc(Cl)cc2)cc1. The summed E-state index contributed by atoms with van der Waals surface area (Å²) in [5, 5.41) is 2.53. The molecule has 0 radical (unpaired) electrons. The highest BCUT2D eigenvalue weighted by Crippen LogP contribution is 2.28. The highest BCUT2D eigenvalue weighted by atomic mass is 35.5. The second-order valence-electron chi connectivity index (χ2n) is 3.31. The first kappa shape index (κ1) is 13.2. The Morgan fingerprint density at radius 3 is 1.35 bits per heavy atom. The van der Waals surface area contributed by atoms with Crippen molar-refractivity contribution < 1.29 is 0 Å². The van der Waals surface area contributed by atoms with Gasteiger partial charge in [0.2, 0.25) is 0 Å². The van der Waals surface area contributed by atoms with Crippen LogP contribution in [0.2, 0.25) is 10.0 Å². The summed E-state index contributed by atoms with van der Waals surface area (Å²) in [5.41, 5.74) is 0. The van der Waals surface area contributed by atoms with Gasteiger partial charge in [0, 0.05) is 24.9 Å². The predicted octanol–water partition coefficient (Wildman–Crippen LogP) is 5.84. The second-order valence-corrected chi connectivity index (χ2v) is 6.65. The second kappa shape index (κ2) is 6.60. The van der Waals surface area contributed by atoms with Gasteiger partial charge in [0.1, 0.15) is 0 Å². The van der Waals surface area contributed by atoms with Gasteiger partial charge in [0.05, 0.1) is 0 Å². The van der Waals surface area contributed by atoms with Gasteiger partial charge in [-0.3, -0.25) is 0 Å². The molecule has 4 heteroatoms. The highest BCUT2D eigenvalue weighted by Gasteiger charge is 1.97. The van der Waals surface area contributed by atoms with Crippen molar-refractivity contribution in [2.75, 3.05) is 5.08 Å². The van der Waals surface area contributed by atoms with Gasteiger partial charge in [0.15, 0.2) is 0 Å². The van der Waals surface area contributed by atoms with Crippen LogP contribution < -0.4 is 0 Å². The van der Waals surface area contributed by atoms with Crippen molar-refractivity contribution in [3.8, 4) is 0 Å². The molecule has 0 bridgehead atoms. The lowest BCUT2D eigenvalue weighted by molar-refractivity contribution is 1.46. The third-order valence-electron chi connectivity index (χ3n) is 2.08. The summed E-state index contributed by atoms with van der Waals surface area (Å²) < 4.78 is 0. The number of rotatable bonds is 4. The Bertz CT molecular complexity index is 420. The molecular weight excluding hydrogens is 291 g/mol. The van der Waals surface area contributed by atoms with Gasteiger partial charge in [0.25, 0.3) is 0 Å². The standard InChI is InChI=1S/C13H10Cl2S2/c14-10-1-5-12(6-2-10)16-9-17-13-7-3-11(15)4-8-13/h1-8H,9H2.